The Morgan fingerprint density at radius 3 is 1.22 bits per heavy atom. The maximum Gasteiger partial charge on any atom is 0.276 e. The molecule has 0 spiro atoms. The van der Waals surface area contributed by atoms with E-state index in [1.807, 2.05) is 61.5 Å². The lowest BCUT2D eigenvalue weighted by Gasteiger charge is -2.27. The van der Waals surface area contributed by atoms with Crippen molar-refractivity contribution in [3.63, 3.8) is 0 Å². The van der Waals surface area contributed by atoms with Crippen molar-refractivity contribution in [2.24, 2.45) is 0 Å². The van der Waals surface area contributed by atoms with E-state index in [-0.39, 0.29) is 0 Å². The van der Waals surface area contributed by atoms with Gasteiger partial charge in [0, 0.05) is 6.92 Å². The highest BCUT2D eigenvalue weighted by atomic mass is 28.3. The van der Waals surface area contributed by atoms with E-state index in [0.29, 0.717) is 0 Å². The number of benzene rings is 3. The van der Waals surface area contributed by atoms with Crippen molar-refractivity contribution in [2.75, 3.05) is 0 Å². The number of hydrogen-bond donors (Lipinski definition) is 0. The molecule has 0 aliphatic rings. The number of nitrogens with zero attached hydrogens (tertiary/aromatic N) is 2. The van der Waals surface area contributed by atoms with E-state index in [1.165, 1.54) is 15.6 Å². The van der Waals surface area contributed by atoms with Crippen LogP contribution in [-0.4, -0.2) is 18.2 Å². The van der Waals surface area contributed by atoms with Gasteiger partial charge in [0.2, 0.25) is 5.33 Å². The van der Waals surface area contributed by atoms with Crippen LogP contribution >= 0.6 is 0 Å². The summed E-state index contributed by atoms with van der Waals surface area (Å²) in [5, 5.41) is 4.43. The van der Waals surface area contributed by atoms with Crippen molar-refractivity contribution in [3.8, 4) is 0 Å². The molecule has 0 saturated heterocycles. The predicted octanol–water partition coefficient (Wildman–Crippen LogP) is 2.39. The zero-order valence-electron chi connectivity index (χ0n) is 13.1. The minimum absolute atomic E-state index is 0.779. The van der Waals surface area contributed by atoms with E-state index in [2.05, 4.69) is 41.2 Å². The minimum atomic E-state index is -2.53. The largest absolute Gasteiger partial charge is 0.362 e. The van der Waals surface area contributed by atoms with Gasteiger partial charge in [0.15, 0.2) is 0 Å². The van der Waals surface area contributed by atoms with E-state index in [9.17, 15) is 5.53 Å². The van der Waals surface area contributed by atoms with E-state index in [1.54, 1.807) is 0 Å². The SMILES string of the molecule is CC(=[N+]=[N-])[Si](c1ccccc1)(c1ccccc1)c1ccccc1. The van der Waals surface area contributed by atoms with Crippen LogP contribution in [0.1, 0.15) is 6.92 Å². The molecule has 3 heteroatoms. The van der Waals surface area contributed by atoms with Gasteiger partial charge in [-0.3, -0.25) is 0 Å². The van der Waals surface area contributed by atoms with Gasteiger partial charge >= 0.3 is 0 Å². The second-order valence-electron chi connectivity index (χ2n) is 5.53. The van der Waals surface area contributed by atoms with Crippen molar-refractivity contribution in [1.82, 2.24) is 0 Å². The Morgan fingerprint density at radius 1 is 0.652 bits per heavy atom. The van der Waals surface area contributed by atoms with E-state index in [0.717, 1.165) is 5.33 Å². The molecule has 112 valence electrons. The summed E-state index contributed by atoms with van der Waals surface area (Å²) in [6.07, 6.45) is 0. The Labute approximate surface area is 137 Å². The summed E-state index contributed by atoms with van der Waals surface area (Å²) < 4.78 is 0. The summed E-state index contributed by atoms with van der Waals surface area (Å²) in [5.74, 6) is 0. The van der Waals surface area contributed by atoms with Gasteiger partial charge in [0.1, 0.15) is 0 Å². The molecule has 3 rings (SSSR count). The molecule has 0 unspecified atom stereocenters. The third-order valence-electron chi connectivity index (χ3n) is 4.31. The molecule has 0 radical (unpaired) electrons. The molecular weight excluding hydrogens is 296 g/mol. The fraction of sp³-hybridized carbons (Fsp3) is 0.0500. The van der Waals surface area contributed by atoms with Crippen LogP contribution in [0, 0.1) is 0 Å². The molecule has 0 heterocycles. The molecule has 3 aromatic carbocycles. The van der Waals surface area contributed by atoms with Gasteiger partial charge in [-0.25, -0.2) is 0 Å². The molecule has 0 bridgehead atoms. The lowest BCUT2D eigenvalue weighted by Crippen LogP contribution is -2.72. The predicted molar refractivity (Wildman–Crippen MR) is 98.3 cm³/mol. The molecule has 3 aromatic rings. The van der Waals surface area contributed by atoms with Gasteiger partial charge in [0.05, 0.1) is 0 Å². The Morgan fingerprint density at radius 2 is 0.957 bits per heavy atom. The molecule has 0 N–H and O–H groups in total. The topological polar surface area (TPSA) is 36.4 Å². The lowest BCUT2D eigenvalue weighted by molar-refractivity contribution is -0.00165. The Bertz CT molecular complexity index is 727. The molecule has 0 atom stereocenters. The highest BCUT2D eigenvalue weighted by molar-refractivity contribution is 7.29. The monoisotopic (exact) mass is 314 g/mol. The van der Waals surface area contributed by atoms with Crippen LogP contribution in [-0.2, 0) is 0 Å². The smallest absolute Gasteiger partial charge is 0.276 e. The molecule has 0 aromatic heterocycles. The second kappa shape index (κ2) is 6.57. The van der Waals surface area contributed by atoms with E-state index in [4.69, 9.17) is 0 Å². The maximum atomic E-state index is 9.68. The summed E-state index contributed by atoms with van der Waals surface area (Å²) in [7, 11) is -2.53. The first-order valence-electron chi connectivity index (χ1n) is 7.66. The normalized spacial score (nSPS) is 10.8. The van der Waals surface area contributed by atoms with Gasteiger partial charge in [-0.1, -0.05) is 91.0 Å². The third-order valence-corrected chi connectivity index (χ3v) is 9.10. The van der Waals surface area contributed by atoms with Gasteiger partial charge in [-0.2, -0.15) is 4.79 Å². The quantitative estimate of drug-likeness (QED) is 0.233. The van der Waals surface area contributed by atoms with Crippen LogP contribution in [0.3, 0.4) is 0 Å². The molecule has 0 aliphatic carbocycles. The van der Waals surface area contributed by atoms with Crippen molar-refractivity contribution in [3.05, 3.63) is 96.5 Å². The van der Waals surface area contributed by atoms with Crippen LogP contribution in [0.5, 0.6) is 0 Å². The van der Waals surface area contributed by atoms with Gasteiger partial charge in [0.25, 0.3) is 8.07 Å². The first kappa shape index (κ1) is 15.2. The molecule has 0 saturated carbocycles. The van der Waals surface area contributed by atoms with Crippen molar-refractivity contribution >= 4 is 29.0 Å². The van der Waals surface area contributed by atoms with Gasteiger partial charge in [-0.15, -0.1) is 0 Å². The summed E-state index contributed by atoms with van der Waals surface area (Å²) in [4.78, 5) is 3.67. The molecule has 2 nitrogen and oxygen atoms in total. The number of hydrogen-bond acceptors (Lipinski definition) is 0. The first-order chi connectivity index (χ1) is 11.3. The average Bonchev–Trinajstić information content (AvgIpc) is 2.65. The summed E-state index contributed by atoms with van der Waals surface area (Å²) in [5.41, 5.74) is 9.68. The molecule has 0 amide bonds. The van der Waals surface area contributed by atoms with Crippen molar-refractivity contribution in [1.29, 1.82) is 0 Å². The lowest BCUT2D eigenvalue weighted by atomic mass is 10.3. The van der Waals surface area contributed by atoms with Gasteiger partial charge in [-0.05, 0) is 15.6 Å². The standard InChI is InChI=1S/C20H18N2Si/c1-17(22-21)23(18-11-5-2-6-12-18,19-13-7-3-8-14-19)20-15-9-4-10-16-20/h2-16H,1H3. The van der Waals surface area contributed by atoms with Crippen LogP contribution in [0.25, 0.3) is 5.53 Å². The molecular formula is C20H18N2Si. The molecule has 23 heavy (non-hydrogen) atoms. The zero-order chi connectivity index (χ0) is 16.1. The minimum Gasteiger partial charge on any atom is -0.362 e. The van der Waals surface area contributed by atoms with Crippen LogP contribution < -0.4 is 15.6 Å². The fourth-order valence-corrected chi connectivity index (χ4v) is 7.75. The Kier molecular flexibility index (Phi) is 4.33. The highest BCUT2D eigenvalue weighted by Gasteiger charge is 2.48. The van der Waals surface area contributed by atoms with E-state index < -0.39 is 8.07 Å². The average molecular weight is 314 g/mol. The van der Waals surface area contributed by atoms with Crippen LogP contribution in [0.2, 0.25) is 0 Å². The van der Waals surface area contributed by atoms with Crippen molar-refractivity contribution < 1.29 is 4.79 Å². The van der Waals surface area contributed by atoms with Crippen molar-refractivity contribution in [2.45, 2.75) is 6.92 Å². The maximum absolute atomic E-state index is 9.68. The first-order valence-corrected chi connectivity index (χ1v) is 9.66. The third kappa shape index (κ3) is 2.57. The summed E-state index contributed by atoms with van der Waals surface area (Å²) in [6.45, 7) is 1.93. The second-order valence-corrected chi connectivity index (χ2v) is 9.49. The van der Waals surface area contributed by atoms with Gasteiger partial charge < -0.3 is 5.53 Å². The molecule has 0 fully saturated rings. The summed E-state index contributed by atoms with van der Waals surface area (Å²) >= 11 is 0. The fourth-order valence-electron chi connectivity index (χ4n) is 3.27. The van der Waals surface area contributed by atoms with E-state index >= 15 is 0 Å². The zero-order valence-corrected chi connectivity index (χ0v) is 14.1. The Balaban J connectivity index is 2.43. The van der Waals surface area contributed by atoms with Crippen LogP contribution in [0.15, 0.2) is 91.0 Å². The van der Waals surface area contributed by atoms with Crippen LogP contribution in [0.4, 0.5) is 0 Å². The number of rotatable bonds is 4. The summed E-state index contributed by atoms with van der Waals surface area (Å²) in [6, 6.07) is 31.2. The Hall–Kier alpha value is -2.74. The molecule has 0 aliphatic heterocycles. The highest BCUT2D eigenvalue weighted by Crippen LogP contribution is 2.09.